The number of pyridine rings is 1. The highest BCUT2D eigenvalue weighted by Gasteiger charge is 2.31. The maximum Gasteiger partial charge on any atom is 0.416 e. The molecule has 0 spiro atoms. The molecule has 2 aromatic carbocycles. The summed E-state index contributed by atoms with van der Waals surface area (Å²) in [6.45, 7) is 2.26. The molecule has 0 atom stereocenters. The Morgan fingerprint density at radius 3 is 2.61 bits per heavy atom. The summed E-state index contributed by atoms with van der Waals surface area (Å²) in [5.74, 6) is 0.295. The molecule has 3 aromatic heterocycles. The first-order valence-electron chi connectivity index (χ1n) is 11.8. The molecule has 0 saturated carbocycles. The second kappa shape index (κ2) is 9.99. The molecule has 0 aliphatic heterocycles. The number of nitriles is 1. The summed E-state index contributed by atoms with van der Waals surface area (Å²) in [6.07, 6.45) is -0.617. The molecule has 0 unspecified atom stereocenters. The third-order valence-electron chi connectivity index (χ3n) is 6.14. The molecule has 0 aliphatic carbocycles. The van der Waals surface area contributed by atoms with Crippen molar-refractivity contribution in [3.8, 4) is 34.1 Å². The molecule has 0 amide bonds. The minimum Gasteiger partial charge on any atom is -0.396 e. The zero-order chi connectivity index (χ0) is 26.9. The standard InChI is InChI=1S/C27H22F3N7O/c1-17-22(23-10-12-33-37(23)21-8-6-18(15-31)7-9-21)16-36-25(34-26(35-36)32-11-3-13-38)24(17)19-4-2-5-20(14-19)27(28,29)30/h2,4-10,12,14,16,38H,3,11,13H2,1H3,(H,32,35). The summed E-state index contributed by atoms with van der Waals surface area (Å²) >= 11 is 0. The molecule has 8 nitrogen and oxygen atoms in total. The molecule has 0 saturated heterocycles. The summed E-state index contributed by atoms with van der Waals surface area (Å²) < 4.78 is 44.0. The van der Waals surface area contributed by atoms with E-state index in [0.29, 0.717) is 63.8 Å². The van der Waals surface area contributed by atoms with E-state index in [1.165, 1.54) is 10.6 Å². The van der Waals surface area contributed by atoms with Crippen molar-refractivity contribution < 1.29 is 18.3 Å². The minimum atomic E-state index is -4.50. The number of hydrogen-bond donors (Lipinski definition) is 2. The van der Waals surface area contributed by atoms with Gasteiger partial charge in [0.1, 0.15) is 0 Å². The van der Waals surface area contributed by atoms with Gasteiger partial charge in [0.05, 0.1) is 34.8 Å². The van der Waals surface area contributed by atoms with Crippen molar-refractivity contribution in [2.24, 2.45) is 0 Å². The smallest absolute Gasteiger partial charge is 0.396 e. The molecule has 0 radical (unpaired) electrons. The Morgan fingerprint density at radius 2 is 1.89 bits per heavy atom. The maximum atomic E-state index is 13.6. The van der Waals surface area contributed by atoms with E-state index in [9.17, 15) is 13.2 Å². The van der Waals surface area contributed by atoms with Crippen LogP contribution < -0.4 is 5.32 Å². The van der Waals surface area contributed by atoms with Crippen LogP contribution >= 0.6 is 0 Å². The van der Waals surface area contributed by atoms with Gasteiger partial charge in [-0.3, -0.25) is 0 Å². The van der Waals surface area contributed by atoms with E-state index in [4.69, 9.17) is 10.4 Å². The molecular formula is C27H22F3N7O. The van der Waals surface area contributed by atoms with Gasteiger partial charge in [0.2, 0.25) is 5.95 Å². The van der Waals surface area contributed by atoms with E-state index < -0.39 is 11.7 Å². The van der Waals surface area contributed by atoms with Crippen molar-refractivity contribution in [2.45, 2.75) is 19.5 Å². The average Bonchev–Trinajstić information content (AvgIpc) is 3.55. The Morgan fingerprint density at radius 1 is 1.11 bits per heavy atom. The number of fused-ring (bicyclic) bond motifs is 1. The summed E-state index contributed by atoms with van der Waals surface area (Å²) in [4.78, 5) is 4.56. The number of rotatable bonds is 7. The average molecular weight is 518 g/mol. The number of aliphatic hydroxyl groups excluding tert-OH is 1. The quantitative estimate of drug-likeness (QED) is 0.286. The number of aliphatic hydroxyl groups is 1. The van der Waals surface area contributed by atoms with Crippen LogP contribution in [0.2, 0.25) is 0 Å². The van der Waals surface area contributed by atoms with Gasteiger partial charge < -0.3 is 10.4 Å². The van der Waals surface area contributed by atoms with Gasteiger partial charge in [-0.1, -0.05) is 12.1 Å². The van der Waals surface area contributed by atoms with Crippen LogP contribution in [0.25, 0.3) is 33.7 Å². The zero-order valence-corrected chi connectivity index (χ0v) is 20.2. The first kappa shape index (κ1) is 25.0. The molecule has 3 heterocycles. The number of nitrogens with zero attached hydrogens (tertiary/aromatic N) is 6. The topological polar surface area (TPSA) is 104 Å². The van der Waals surface area contributed by atoms with E-state index in [0.717, 1.165) is 12.1 Å². The molecule has 0 fully saturated rings. The van der Waals surface area contributed by atoms with Gasteiger partial charge in [-0.15, -0.1) is 5.10 Å². The lowest BCUT2D eigenvalue weighted by molar-refractivity contribution is -0.137. The fourth-order valence-electron chi connectivity index (χ4n) is 4.30. The molecule has 0 aliphatic rings. The predicted octanol–water partition coefficient (Wildman–Crippen LogP) is 5.24. The van der Waals surface area contributed by atoms with Crippen molar-refractivity contribution in [2.75, 3.05) is 18.5 Å². The molecule has 11 heteroatoms. The second-order valence-corrected chi connectivity index (χ2v) is 8.62. The van der Waals surface area contributed by atoms with E-state index in [2.05, 4.69) is 26.6 Å². The molecular weight excluding hydrogens is 495 g/mol. The fraction of sp³-hybridized carbons (Fsp3) is 0.185. The Kier molecular flexibility index (Phi) is 6.57. The van der Waals surface area contributed by atoms with Crippen LogP contribution in [0, 0.1) is 18.3 Å². The Balaban J connectivity index is 1.72. The monoisotopic (exact) mass is 517 g/mol. The van der Waals surface area contributed by atoms with Crippen LogP contribution in [0.1, 0.15) is 23.1 Å². The van der Waals surface area contributed by atoms with Gasteiger partial charge in [-0.25, -0.2) is 9.20 Å². The summed E-state index contributed by atoms with van der Waals surface area (Å²) in [7, 11) is 0. The van der Waals surface area contributed by atoms with Crippen molar-refractivity contribution in [1.82, 2.24) is 24.4 Å². The Bertz CT molecular complexity index is 1650. The molecule has 5 aromatic rings. The summed E-state index contributed by atoms with van der Waals surface area (Å²) in [5.41, 5.74) is 3.78. The highest BCUT2D eigenvalue weighted by molar-refractivity contribution is 5.86. The van der Waals surface area contributed by atoms with Crippen LogP contribution in [0.3, 0.4) is 0 Å². The van der Waals surface area contributed by atoms with Crippen molar-refractivity contribution in [1.29, 1.82) is 5.26 Å². The van der Waals surface area contributed by atoms with Gasteiger partial charge in [0, 0.05) is 30.5 Å². The number of benzene rings is 2. The molecule has 2 N–H and O–H groups in total. The van der Waals surface area contributed by atoms with Gasteiger partial charge in [-0.2, -0.15) is 28.5 Å². The van der Waals surface area contributed by atoms with Crippen LogP contribution in [-0.2, 0) is 6.18 Å². The van der Waals surface area contributed by atoms with E-state index in [1.54, 1.807) is 53.5 Å². The number of aromatic nitrogens is 5. The number of nitrogens with one attached hydrogen (secondary N) is 1. The summed E-state index contributed by atoms with van der Waals surface area (Å²) in [5, 5.41) is 30.2. The predicted molar refractivity (Wildman–Crippen MR) is 136 cm³/mol. The van der Waals surface area contributed by atoms with Crippen LogP contribution in [0.4, 0.5) is 19.1 Å². The lowest BCUT2D eigenvalue weighted by Gasteiger charge is -2.16. The van der Waals surface area contributed by atoms with E-state index in [-0.39, 0.29) is 6.61 Å². The van der Waals surface area contributed by atoms with E-state index in [1.807, 2.05) is 6.92 Å². The largest absolute Gasteiger partial charge is 0.416 e. The normalized spacial score (nSPS) is 11.6. The van der Waals surface area contributed by atoms with Gasteiger partial charge in [0.15, 0.2) is 5.65 Å². The van der Waals surface area contributed by atoms with Gasteiger partial charge >= 0.3 is 6.18 Å². The number of alkyl halides is 3. The molecule has 5 rings (SSSR count). The summed E-state index contributed by atoms with van der Waals surface area (Å²) in [6, 6.07) is 15.9. The second-order valence-electron chi connectivity index (χ2n) is 8.62. The van der Waals surface area contributed by atoms with E-state index >= 15 is 0 Å². The van der Waals surface area contributed by atoms with Crippen molar-refractivity contribution in [3.05, 3.63) is 83.7 Å². The van der Waals surface area contributed by atoms with Crippen molar-refractivity contribution >= 4 is 11.6 Å². The lowest BCUT2D eigenvalue weighted by Crippen LogP contribution is -2.06. The number of halogens is 3. The highest BCUT2D eigenvalue weighted by atomic mass is 19.4. The molecule has 0 bridgehead atoms. The third-order valence-corrected chi connectivity index (χ3v) is 6.14. The van der Waals surface area contributed by atoms with Gasteiger partial charge in [-0.05, 0) is 66.9 Å². The Hall–Kier alpha value is -4.69. The Labute approximate surface area is 215 Å². The van der Waals surface area contributed by atoms with Crippen molar-refractivity contribution in [3.63, 3.8) is 0 Å². The third kappa shape index (κ3) is 4.69. The fourth-order valence-corrected chi connectivity index (χ4v) is 4.30. The molecule has 38 heavy (non-hydrogen) atoms. The zero-order valence-electron chi connectivity index (χ0n) is 20.2. The first-order chi connectivity index (χ1) is 18.3. The van der Waals surface area contributed by atoms with Crippen LogP contribution in [0.15, 0.2) is 67.0 Å². The SMILES string of the molecule is Cc1c(-c2ccnn2-c2ccc(C#N)cc2)cn2nc(NCCCO)nc2c1-c1cccc(C(F)(F)F)c1. The maximum absolute atomic E-state index is 13.6. The number of anilines is 1. The van der Waals surface area contributed by atoms with Crippen LogP contribution in [-0.4, -0.2) is 42.6 Å². The first-order valence-corrected chi connectivity index (χ1v) is 11.8. The minimum absolute atomic E-state index is 0.00154. The number of hydrogen-bond acceptors (Lipinski definition) is 6. The van der Waals surface area contributed by atoms with Gasteiger partial charge in [0.25, 0.3) is 0 Å². The van der Waals surface area contributed by atoms with Crippen LogP contribution in [0.5, 0.6) is 0 Å². The molecule has 192 valence electrons. The lowest BCUT2D eigenvalue weighted by atomic mass is 9.95. The highest BCUT2D eigenvalue weighted by Crippen LogP contribution is 2.38.